The van der Waals surface area contributed by atoms with E-state index in [0.29, 0.717) is 47.6 Å². The molecule has 1 aromatic carbocycles. The van der Waals surface area contributed by atoms with E-state index < -0.39 is 29.3 Å². The molecule has 0 spiro atoms. The number of fused-ring (bicyclic) bond motifs is 1. The summed E-state index contributed by atoms with van der Waals surface area (Å²) in [6, 6.07) is 10.6. The van der Waals surface area contributed by atoms with Crippen LogP contribution in [0.3, 0.4) is 0 Å². The van der Waals surface area contributed by atoms with E-state index in [9.17, 15) is 22.4 Å². The van der Waals surface area contributed by atoms with Gasteiger partial charge >= 0.3 is 11.9 Å². The van der Waals surface area contributed by atoms with Gasteiger partial charge in [-0.1, -0.05) is 25.6 Å². The second-order valence-electron chi connectivity index (χ2n) is 10.1. The van der Waals surface area contributed by atoms with Crippen LogP contribution in [0.1, 0.15) is 43.1 Å². The maximum atomic E-state index is 13.8. The molecule has 1 unspecified atom stereocenters. The van der Waals surface area contributed by atoms with E-state index in [1.807, 2.05) is 18.7 Å². The first-order valence-electron chi connectivity index (χ1n) is 13.1. The fourth-order valence-electron chi connectivity index (χ4n) is 5.41. The number of anilines is 1. The van der Waals surface area contributed by atoms with E-state index in [0.717, 1.165) is 12.3 Å². The zero-order chi connectivity index (χ0) is 29.5. The molecule has 8 nitrogen and oxygen atoms in total. The van der Waals surface area contributed by atoms with Crippen LogP contribution in [0.25, 0.3) is 15.9 Å². The zero-order valence-corrected chi connectivity index (χ0v) is 22.6. The van der Waals surface area contributed by atoms with Gasteiger partial charge in [-0.15, -0.1) is 4.98 Å². The predicted molar refractivity (Wildman–Crippen MR) is 146 cm³/mol. The first kappa shape index (κ1) is 28.2. The van der Waals surface area contributed by atoms with Crippen molar-refractivity contribution >= 4 is 22.7 Å². The minimum atomic E-state index is -4.52. The molecule has 1 fully saturated rings. The molecule has 0 aliphatic carbocycles. The molecule has 3 aromatic heterocycles. The van der Waals surface area contributed by atoms with Crippen molar-refractivity contribution in [1.29, 1.82) is 0 Å². The quantitative estimate of drug-likeness (QED) is 0.235. The average Bonchev–Trinajstić information content (AvgIpc) is 2.96. The fraction of sp³-hybridized carbons (Fsp3) is 0.345. The standard InChI is InChI=1S/C29H27F4N7O/c1-5-21-16-39(27-25-23(38(4)28(41)37-27)12-13-24(34-3)36-25)17(2)15-40(21)26(18-6-9-20(30)10-7-18)22-11-8-19(14-35-22)29(31,32)33/h6-14,17,21,26H,5,15-16H2,1-2,4H3/t17-,21+,26?/m0/s1. The monoisotopic (exact) mass is 565 g/mol. The number of benzene rings is 1. The van der Waals surface area contributed by atoms with Crippen molar-refractivity contribution in [3.63, 3.8) is 0 Å². The molecule has 1 aliphatic heterocycles. The number of halogens is 4. The summed E-state index contributed by atoms with van der Waals surface area (Å²) < 4.78 is 55.1. The molecule has 0 radical (unpaired) electrons. The van der Waals surface area contributed by atoms with Gasteiger partial charge in [-0.05, 0) is 55.3 Å². The van der Waals surface area contributed by atoms with Crippen molar-refractivity contribution in [2.75, 3.05) is 18.0 Å². The highest BCUT2D eigenvalue weighted by molar-refractivity contribution is 5.87. The van der Waals surface area contributed by atoms with Crippen LogP contribution in [0.2, 0.25) is 0 Å². The van der Waals surface area contributed by atoms with E-state index in [1.54, 1.807) is 31.3 Å². The summed E-state index contributed by atoms with van der Waals surface area (Å²) in [4.78, 5) is 33.4. The molecule has 3 atom stereocenters. The number of piperazine rings is 1. The Morgan fingerprint density at radius 3 is 2.41 bits per heavy atom. The third-order valence-corrected chi connectivity index (χ3v) is 7.57. The second kappa shape index (κ2) is 10.9. The minimum absolute atomic E-state index is 0.143. The number of aryl methyl sites for hydroxylation is 1. The Kier molecular flexibility index (Phi) is 7.48. The Balaban J connectivity index is 1.57. The molecule has 212 valence electrons. The molecule has 0 saturated carbocycles. The zero-order valence-electron chi connectivity index (χ0n) is 22.6. The van der Waals surface area contributed by atoms with Gasteiger partial charge in [0, 0.05) is 38.4 Å². The van der Waals surface area contributed by atoms with Crippen LogP contribution in [0.15, 0.2) is 59.5 Å². The first-order valence-corrected chi connectivity index (χ1v) is 13.1. The summed E-state index contributed by atoms with van der Waals surface area (Å²) in [6.45, 7) is 12.2. The molecule has 1 saturated heterocycles. The first-order chi connectivity index (χ1) is 19.5. The Morgan fingerprint density at radius 2 is 1.80 bits per heavy atom. The van der Waals surface area contributed by atoms with E-state index in [2.05, 4.69) is 24.7 Å². The van der Waals surface area contributed by atoms with E-state index in [4.69, 9.17) is 6.57 Å². The number of alkyl halides is 3. The molecule has 0 N–H and O–H groups in total. The van der Waals surface area contributed by atoms with Crippen molar-refractivity contribution in [2.24, 2.45) is 7.05 Å². The average molecular weight is 566 g/mol. The number of rotatable bonds is 5. The van der Waals surface area contributed by atoms with Crippen LogP contribution >= 0.6 is 0 Å². The van der Waals surface area contributed by atoms with Crippen LogP contribution in [0.4, 0.5) is 29.2 Å². The van der Waals surface area contributed by atoms with Crippen molar-refractivity contribution in [1.82, 2.24) is 24.4 Å². The van der Waals surface area contributed by atoms with Gasteiger partial charge < -0.3 is 9.74 Å². The van der Waals surface area contributed by atoms with Gasteiger partial charge in [0.15, 0.2) is 5.82 Å². The Bertz CT molecular complexity index is 1660. The summed E-state index contributed by atoms with van der Waals surface area (Å²) >= 11 is 0. The van der Waals surface area contributed by atoms with E-state index >= 15 is 0 Å². The minimum Gasteiger partial charge on any atom is -0.361 e. The van der Waals surface area contributed by atoms with Crippen molar-refractivity contribution < 1.29 is 17.6 Å². The normalized spacial score (nSPS) is 18.8. The highest BCUT2D eigenvalue weighted by Gasteiger charge is 2.39. The van der Waals surface area contributed by atoms with Gasteiger partial charge in [0.1, 0.15) is 5.82 Å². The van der Waals surface area contributed by atoms with Gasteiger partial charge in [-0.2, -0.15) is 18.2 Å². The van der Waals surface area contributed by atoms with Gasteiger partial charge in [0.2, 0.25) is 5.52 Å². The maximum absolute atomic E-state index is 13.8. The molecule has 41 heavy (non-hydrogen) atoms. The Morgan fingerprint density at radius 1 is 1.07 bits per heavy atom. The van der Waals surface area contributed by atoms with Crippen LogP contribution < -0.4 is 10.6 Å². The van der Waals surface area contributed by atoms with Crippen molar-refractivity contribution in [3.05, 3.63) is 99.3 Å². The van der Waals surface area contributed by atoms with Gasteiger partial charge in [-0.3, -0.25) is 14.5 Å². The van der Waals surface area contributed by atoms with Gasteiger partial charge in [-0.25, -0.2) is 9.18 Å². The highest BCUT2D eigenvalue weighted by Crippen LogP contribution is 2.37. The van der Waals surface area contributed by atoms with E-state index in [-0.39, 0.29) is 17.9 Å². The molecule has 12 heteroatoms. The SMILES string of the molecule is [C-]#[N+]c1ccc2c(n1)c(N1C[C@@H](CC)N(C(c3ccc(F)cc3)c3ccc(C(F)(F)F)cn3)C[C@@H]1C)nc(=O)n2C. The second-order valence-corrected chi connectivity index (χ2v) is 10.1. The third kappa shape index (κ3) is 5.37. The van der Waals surface area contributed by atoms with E-state index in [1.165, 1.54) is 22.8 Å². The third-order valence-electron chi connectivity index (χ3n) is 7.57. The number of aromatic nitrogens is 4. The molecule has 0 bridgehead atoms. The van der Waals surface area contributed by atoms with Crippen LogP contribution in [0, 0.1) is 12.4 Å². The number of nitrogens with zero attached hydrogens (tertiary/aromatic N) is 7. The van der Waals surface area contributed by atoms with Crippen molar-refractivity contribution in [2.45, 2.75) is 44.6 Å². The van der Waals surface area contributed by atoms with Crippen LogP contribution in [-0.4, -0.2) is 49.6 Å². The topological polar surface area (TPSA) is 71.5 Å². The summed E-state index contributed by atoms with van der Waals surface area (Å²) in [5, 5.41) is 0. The molecular formula is C29H27F4N7O. The Labute approximate surface area is 233 Å². The lowest BCUT2D eigenvalue weighted by Gasteiger charge is -2.48. The molecule has 4 heterocycles. The molecule has 0 amide bonds. The summed E-state index contributed by atoms with van der Waals surface area (Å²) in [5.74, 6) is 0.139. The maximum Gasteiger partial charge on any atom is 0.417 e. The lowest BCUT2D eigenvalue weighted by atomic mass is 9.95. The molecule has 4 aromatic rings. The Hall–Kier alpha value is -4.37. The number of pyridine rings is 2. The predicted octanol–water partition coefficient (Wildman–Crippen LogP) is 5.51. The molecule has 1 aliphatic rings. The van der Waals surface area contributed by atoms with Crippen LogP contribution in [0.5, 0.6) is 0 Å². The smallest absolute Gasteiger partial charge is 0.361 e. The van der Waals surface area contributed by atoms with Crippen LogP contribution in [-0.2, 0) is 13.2 Å². The van der Waals surface area contributed by atoms with Gasteiger partial charge in [0.25, 0.3) is 5.82 Å². The molecular weight excluding hydrogens is 538 g/mol. The van der Waals surface area contributed by atoms with Gasteiger partial charge in [0.05, 0.1) is 22.8 Å². The number of hydrogen-bond acceptors (Lipinski definition) is 6. The lowest BCUT2D eigenvalue weighted by Crippen LogP contribution is -2.58. The highest BCUT2D eigenvalue weighted by atomic mass is 19.4. The lowest BCUT2D eigenvalue weighted by molar-refractivity contribution is -0.137. The summed E-state index contributed by atoms with van der Waals surface area (Å²) in [7, 11) is 1.60. The summed E-state index contributed by atoms with van der Waals surface area (Å²) in [6.07, 6.45) is -3.04. The number of hydrogen-bond donors (Lipinski definition) is 0. The summed E-state index contributed by atoms with van der Waals surface area (Å²) in [5.41, 5.74) is 0.788. The fourth-order valence-corrected chi connectivity index (χ4v) is 5.41. The largest absolute Gasteiger partial charge is 0.417 e. The van der Waals surface area contributed by atoms with Crippen molar-refractivity contribution in [3.8, 4) is 0 Å². The molecule has 5 rings (SSSR count).